The molecule has 0 aromatic carbocycles. The van der Waals surface area contributed by atoms with Crippen LogP contribution in [0, 0.1) is 5.92 Å². The van der Waals surface area contributed by atoms with Gasteiger partial charge in [0.2, 0.25) is 5.91 Å². The number of hydrogen-bond donors (Lipinski definition) is 1. The Morgan fingerprint density at radius 1 is 1.28 bits per heavy atom. The fraction of sp³-hybridized carbons (Fsp3) is 0.750. The Labute approximate surface area is 151 Å². The Bertz CT molecular complexity index is 531. The summed E-state index contributed by atoms with van der Waals surface area (Å²) in [7, 11) is 0. The molecule has 140 valence electrons. The van der Waals surface area contributed by atoms with E-state index in [-0.39, 0.29) is 11.9 Å². The van der Waals surface area contributed by atoms with Gasteiger partial charge < -0.3 is 14.4 Å². The van der Waals surface area contributed by atoms with Gasteiger partial charge in [-0.05, 0) is 56.7 Å². The van der Waals surface area contributed by atoms with Crippen LogP contribution in [0.5, 0.6) is 0 Å². The molecular formula is C20H32N2O3. The van der Waals surface area contributed by atoms with E-state index in [2.05, 4.69) is 11.8 Å². The number of piperidine rings is 1. The van der Waals surface area contributed by atoms with Gasteiger partial charge in [0, 0.05) is 19.1 Å². The van der Waals surface area contributed by atoms with E-state index in [0.717, 1.165) is 38.9 Å². The van der Waals surface area contributed by atoms with Gasteiger partial charge in [-0.15, -0.1) is 0 Å². The van der Waals surface area contributed by atoms with Gasteiger partial charge in [0.1, 0.15) is 11.9 Å². The summed E-state index contributed by atoms with van der Waals surface area (Å²) < 4.78 is 5.35. The predicted molar refractivity (Wildman–Crippen MR) is 97.1 cm³/mol. The molecule has 0 spiro atoms. The highest BCUT2D eigenvalue weighted by molar-refractivity contribution is 5.78. The zero-order valence-electron chi connectivity index (χ0n) is 15.4. The van der Waals surface area contributed by atoms with E-state index < -0.39 is 6.10 Å². The van der Waals surface area contributed by atoms with Gasteiger partial charge in [-0.2, -0.15) is 0 Å². The molecule has 3 rings (SSSR count). The van der Waals surface area contributed by atoms with Crippen LogP contribution >= 0.6 is 0 Å². The van der Waals surface area contributed by atoms with Gasteiger partial charge in [0.15, 0.2) is 0 Å². The normalized spacial score (nSPS) is 27.0. The first kappa shape index (κ1) is 18.5. The molecule has 2 aliphatic rings. The molecule has 25 heavy (non-hydrogen) atoms. The lowest BCUT2D eigenvalue weighted by atomic mass is 9.99. The summed E-state index contributed by atoms with van der Waals surface area (Å²) in [6.07, 6.45) is 8.55. The lowest BCUT2D eigenvalue weighted by Crippen LogP contribution is -2.47. The number of likely N-dealkylation sites (tertiary alicyclic amines) is 2. The fourth-order valence-corrected chi connectivity index (χ4v) is 4.26. The van der Waals surface area contributed by atoms with Crippen LogP contribution in [0.4, 0.5) is 0 Å². The molecule has 1 aromatic heterocycles. The van der Waals surface area contributed by atoms with Crippen molar-refractivity contribution in [1.29, 1.82) is 0 Å². The van der Waals surface area contributed by atoms with Crippen LogP contribution in [0.3, 0.4) is 0 Å². The van der Waals surface area contributed by atoms with Crippen molar-refractivity contribution >= 4 is 5.91 Å². The van der Waals surface area contributed by atoms with Gasteiger partial charge in [-0.1, -0.05) is 19.8 Å². The van der Waals surface area contributed by atoms with Crippen LogP contribution in [0.1, 0.15) is 63.7 Å². The van der Waals surface area contributed by atoms with Crippen LogP contribution in [0.15, 0.2) is 22.8 Å². The first-order valence-electron chi connectivity index (χ1n) is 9.87. The second-order valence-corrected chi connectivity index (χ2v) is 7.83. The van der Waals surface area contributed by atoms with Crippen molar-refractivity contribution in [2.45, 2.75) is 64.0 Å². The Morgan fingerprint density at radius 3 is 2.92 bits per heavy atom. The highest BCUT2D eigenvalue weighted by Gasteiger charge is 2.29. The third-order valence-corrected chi connectivity index (χ3v) is 5.71. The molecule has 3 atom stereocenters. The van der Waals surface area contributed by atoms with E-state index in [1.165, 1.54) is 19.3 Å². The Hall–Kier alpha value is -1.33. The van der Waals surface area contributed by atoms with Crippen molar-refractivity contribution < 1.29 is 14.3 Å². The Kier molecular flexibility index (Phi) is 6.54. The maximum absolute atomic E-state index is 12.8. The van der Waals surface area contributed by atoms with Crippen LogP contribution in [0.2, 0.25) is 0 Å². The number of hydrogen-bond acceptors (Lipinski definition) is 4. The predicted octanol–water partition coefficient (Wildman–Crippen LogP) is 3.21. The van der Waals surface area contributed by atoms with Gasteiger partial charge in [0.05, 0.1) is 12.8 Å². The zero-order valence-corrected chi connectivity index (χ0v) is 15.4. The minimum atomic E-state index is -0.592. The SMILES string of the molecule is CC1CCCN(C(=O)CN2CCCCCC2CC(O)c2ccco2)C1. The summed E-state index contributed by atoms with van der Waals surface area (Å²) in [5, 5.41) is 10.5. The van der Waals surface area contributed by atoms with Crippen molar-refractivity contribution in [2.24, 2.45) is 5.92 Å². The molecule has 2 fully saturated rings. The quantitative estimate of drug-likeness (QED) is 0.888. The molecule has 3 heterocycles. The number of aliphatic hydroxyl groups is 1. The van der Waals surface area contributed by atoms with Crippen molar-refractivity contribution in [3.05, 3.63) is 24.2 Å². The molecule has 2 saturated heterocycles. The van der Waals surface area contributed by atoms with Crippen molar-refractivity contribution in [3.63, 3.8) is 0 Å². The van der Waals surface area contributed by atoms with E-state index in [1.54, 1.807) is 6.26 Å². The summed E-state index contributed by atoms with van der Waals surface area (Å²) in [5.41, 5.74) is 0. The average Bonchev–Trinajstić information content (AvgIpc) is 3.06. The second kappa shape index (κ2) is 8.86. The molecule has 1 amide bonds. The maximum atomic E-state index is 12.8. The Morgan fingerprint density at radius 2 is 2.16 bits per heavy atom. The largest absolute Gasteiger partial charge is 0.467 e. The first-order chi connectivity index (χ1) is 12.1. The molecule has 0 aliphatic carbocycles. The molecule has 0 radical (unpaired) electrons. The molecular weight excluding hydrogens is 316 g/mol. The standard InChI is InChI=1S/C20H32N2O3/c1-16-7-5-11-22(14-16)20(24)15-21-10-4-2-3-8-17(21)13-18(23)19-9-6-12-25-19/h6,9,12,16-18,23H,2-5,7-8,10-11,13-15H2,1H3. The monoisotopic (exact) mass is 348 g/mol. The summed E-state index contributed by atoms with van der Waals surface area (Å²) >= 11 is 0. The minimum absolute atomic E-state index is 0.244. The smallest absolute Gasteiger partial charge is 0.236 e. The highest BCUT2D eigenvalue weighted by atomic mass is 16.4. The average molecular weight is 348 g/mol. The minimum Gasteiger partial charge on any atom is -0.467 e. The topological polar surface area (TPSA) is 56.9 Å². The molecule has 1 aromatic rings. The van der Waals surface area contributed by atoms with E-state index in [0.29, 0.717) is 24.6 Å². The van der Waals surface area contributed by atoms with E-state index in [4.69, 9.17) is 4.42 Å². The molecule has 3 unspecified atom stereocenters. The van der Waals surface area contributed by atoms with E-state index in [1.807, 2.05) is 17.0 Å². The van der Waals surface area contributed by atoms with Gasteiger partial charge in [0.25, 0.3) is 0 Å². The second-order valence-electron chi connectivity index (χ2n) is 7.83. The van der Waals surface area contributed by atoms with Gasteiger partial charge >= 0.3 is 0 Å². The van der Waals surface area contributed by atoms with Crippen LogP contribution in [-0.4, -0.2) is 53.0 Å². The molecule has 5 heteroatoms. The van der Waals surface area contributed by atoms with Gasteiger partial charge in [-0.3, -0.25) is 9.69 Å². The number of nitrogens with zero attached hydrogens (tertiary/aromatic N) is 2. The van der Waals surface area contributed by atoms with Crippen molar-refractivity contribution in [3.8, 4) is 0 Å². The van der Waals surface area contributed by atoms with Crippen LogP contribution in [0.25, 0.3) is 0 Å². The summed E-state index contributed by atoms with van der Waals surface area (Å²) in [6, 6.07) is 3.88. The zero-order chi connectivity index (χ0) is 17.6. The number of rotatable bonds is 5. The molecule has 5 nitrogen and oxygen atoms in total. The molecule has 1 N–H and O–H groups in total. The number of carbonyl (C=O) groups is 1. The number of amides is 1. The summed E-state index contributed by atoms with van der Waals surface area (Å²) in [4.78, 5) is 17.1. The Balaban J connectivity index is 1.60. The van der Waals surface area contributed by atoms with Gasteiger partial charge in [-0.25, -0.2) is 0 Å². The lowest BCUT2D eigenvalue weighted by Gasteiger charge is -2.35. The molecule has 0 saturated carbocycles. The number of carbonyl (C=O) groups excluding carboxylic acids is 1. The van der Waals surface area contributed by atoms with E-state index in [9.17, 15) is 9.90 Å². The third kappa shape index (κ3) is 5.08. The molecule has 0 bridgehead atoms. The summed E-state index contributed by atoms with van der Waals surface area (Å²) in [5.74, 6) is 1.49. The summed E-state index contributed by atoms with van der Waals surface area (Å²) in [6.45, 7) is 5.46. The lowest BCUT2D eigenvalue weighted by molar-refractivity contribution is -0.134. The first-order valence-corrected chi connectivity index (χ1v) is 9.87. The van der Waals surface area contributed by atoms with Crippen molar-refractivity contribution in [2.75, 3.05) is 26.2 Å². The molecule has 2 aliphatic heterocycles. The van der Waals surface area contributed by atoms with Crippen LogP contribution < -0.4 is 0 Å². The highest BCUT2D eigenvalue weighted by Crippen LogP contribution is 2.27. The fourth-order valence-electron chi connectivity index (χ4n) is 4.26. The van der Waals surface area contributed by atoms with Crippen LogP contribution in [-0.2, 0) is 4.79 Å². The number of aliphatic hydroxyl groups excluding tert-OH is 1. The maximum Gasteiger partial charge on any atom is 0.236 e. The van der Waals surface area contributed by atoms with E-state index >= 15 is 0 Å². The number of furan rings is 1. The third-order valence-electron chi connectivity index (χ3n) is 5.71. The van der Waals surface area contributed by atoms with Crippen molar-refractivity contribution in [1.82, 2.24) is 9.80 Å².